The summed E-state index contributed by atoms with van der Waals surface area (Å²) in [6.07, 6.45) is 0. The Hall–Kier alpha value is -2.82. The number of rotatable bonds is 5. The number of hydrogen-bond donors (Lipinski definition) is 1. The average molecular weight is 396 g/mol. The summed E-state index contributed by atoms with van der Waals surface area (Å²) in [5, 5.41) is 13.1. The average Bonchev–Trinajstić information content (AvgIpc) is 3.18. The van der Waals surface area contributed by atoms with E-state index in [-0.39, 0.29) is 6.04 Å². The summed E-state index contributed by atoms with van der Waals surface area (Å²) in [4.78, 5) is 0. The van der Waals surface area contributed by atoms with Gasteiger partial charge in [-0.3, -0.25) is 0 Å². The van der Waals surface area contributed by atoms with Gasteiger partial charge in [-0.25, -0.2) is 0 Å². The third-order valence-corrected chi connectivity index (χ3v) is 4.66. The van der Waals surface area contributed by atoms with Crippen molar-refractivity contribution in [2.24, 2.45) is 0 Å². The Labute approximate surface area is 166 Å². The highest BCUT2D eigenvalue weighted by Gasteiger charge is 2.22. The predicted octanol–water partition coefficient (Wildman–Crippen LogP) is 6.24. The molecule has 4 rings (SSSR count). The van der Waals surface area contributed by atoms with Gasteiger partial charge in [-0.15, -0.1) is 10.2 Å². The number of benzene rings is 3. The molecule has 0 fully saturated rings. The molecule has 3 aromatic carbocycles. The fourth-order valence-electron chi connectivity index (χ4n) is 2.74. The minimum absolute atomic E-state index is 0.309. The maximum absolute atomic E-state index is 6.25. The summed E-state index contributed by atoms with van der Waals surface area (Å²) < 4.78 is 5.97. The van der Waals surface area contributed by atoms with Gasteiger partial charge in [0.25, 0.3) is 0 Å². The fourth-order valence-corrected chi connectivity index (χ4v) is 3.08. The van der Waals surface area contributed by atoms with Gasteiger partial charge in [0, 0.05) is 10.7 Å². The van der Waals surface area contributed by atoms with Crippen molar-refractivity contribution in [3.63, 3.8) is 0 Å². The first-order chi connectivity index (χ1) is 13.2. The van der Waals surface area contributed by atoms with Gasteiger partial charge in [-0.05, 0) is 42.0 Å². The summed E-state index contributed by atoms with van der Waals surface area (Å²) in [6.45, 7) is 0. The van der Waals surface area contributed by atoms with E-state index >= 15 is 0 Å². The lowest BCUT2D eigenvalue weighted by atomic mass is 10.1. The molecule has 1 N–H and O–H groups in total. The molecular formula is C21H15Cl2N3O. The molecule has 27 heavy (non-hydrogen) atoms. The molecule has 0 saturated heterocycles. The number of anilines is 1. The zero-order valence-corrected chi connectivity index (χ0v) is 15.7. The first kappa shape index (κ1) is 17.6. The van der Waals surface area contributed by atoms with E-state index in [4.69, 9.17) is 27.6 Å². The number of halogens is 2. The highest BCUT2D eigenvalue weighted by molar-refractivity contribution is 6.33. The SMILES string of the molecule is Clc1ccc(N[C@H](c2ccccc2)c2nnc(-c3ccccc3Cl)o2)cc1. The Morgan fingerprint density at radius 2 is 1.48 bits per heavy atom. The molecule has 0 spiro atoms. The minimum atomic E-state index is -0.309. The van der Waals surface area contributed by atoms with Gasteiger partial charge in [0.1, 0.15) is 6.04 Å². The molecule has 4 nitrogen and oxygen atoms in total. The Bertz CT molecular complexity index is 1030. The van der Waals surface area contributed by atoms with Crippen molar-refractivity contribution in [3.8, 4) is 11.5 Å². The van der Waals surface area contributed by atoms with Crippen LogP contribution in [0, 0.1) is 0 Å². The van der Waals surface area contributed by atoms with Gasteiger partial charge >= 0.3 is 0 Å². The van der Waals surface area contributed by atoms with Gasteiger partial charge in [-0.1, -0.05) is 65.7 Å². The summed E-state index contributed by atoms with van der Waals surface area (Å²) in [5.74, 6) is 0.834. The summed E-state index contributed by atoms with van der Waals surface area (Å²) in [6, 6.07) is 24.5. The zero-order chi connectivity index (χ0) is 18.6. The Kier molecular flexibility index (Phi) is 5.10. The van der Waals surface area contributed by atoms with Crippen molar-refractivity contribution in [2.45, 2.75) is 6.04 Å². The molecule has 0 unspecified atom stereocenters. The van der Waals surface area contributed by atoms with E-state index in [0.29, 0.717) is 27.4 Å². The second-order valence-electron chi connectivity index (χ2n) is 5.92. The van der Waals surface area contributed by atoms with Crippen molar-refractivity contribution in [1.29, 1.82) is 0 Å². The molecule has 6 heteroatoms. The molecule has 1 aromatic heterocycles. The Morgan fingerprint density at radius 1 is 0.778 bits per heavy atom. The molecule has 1 atom stereocenters. The fraction of sp³-hybridized carbons (Fsp3) is 0.0476. The Balaban J connectivity index is 1.71. The highest BCUT2D eigenvalue weighted by Crippen LogP contribution is 2.31. The van der Waals surface area contributed by atoms with Crippen LogP contribution in [0.5, 0.6) is 0 Å². The van der Waals surface area contributed by atoms with E-state index in [1.54, 1.807) is 6.07 Å². The molecule has 134 valence electrons. The summed E-state index contributed by atoms with van der Waals surface area (Å²) in [7, 11) is 0. The quantitative estimate of drug-likeness (QED) is 0.434. The van der Waals surface area contributed by atoms with Crippen LogP contribution < -0.4 is 5.32 Å². The van der Waals surface area contributed by atoms with E-state index in [2.05, 4.69) is 15.5 Å². The van der Waals surface area contributed by atoms with Crippen LogP contribution in [-0.4, -0.2) is 10.2 Å². The van der Waals surface area contributed by atoms with Gasteiger partial charge in [0.15, 0.2) is 0 Å². The maximum Gasteiger partial charge on any atom is 0.249 e. The second-order valence-corrected chi connectivity index (χ2v) is 6.76. The lowest BCUT2D eigenvalue weighted by molar-refractivity contribution is 0.494. The van der Waals surface area contributed by atoms with Crippen molar-refractivity contribution in [2.75, 3.05) is 5.32 Å². The summed E-state index contributed by atoms with van der Waals surface area (Å²) in [5.41, 5.74) is 2.60. The molecule has 0 aliphatic carbocycles. The molecule has 4 aromatic rings. The topological polar surface area (TPSA) is 51.0 Å². The molecule has 0 aliphatic heterocycles. The molecule has 0 amide bonds. The van der Waals surface area contributed by atoms with Crippen LogP contribution in [0.1, 0.15) is 17.5 Å². The monoisotopic (exact) mass is 395 g/mol. The molecule has 0 aliphatic rings. The van der Waals surface area contributed by atoms with Gasteiger partial charge in [-0.2, -0.15) is 0 Å². The van der Waals surface area contributed by atoms with Crippen molar-refractivity contribution in [1.82, 2.24) is 10.2 Å². The molecule has 0 bridgehead atoms. The van der Waals surface area contributed by atoms with E-state index in [1.807, 2.05) is 72.8 Å². The van der Waals surface area contributed by atoms with Crippen LogP contribution in [0.4, 0.5) is 5.69 Å². The van der Waals surface area contributed by atoms with E-state index < -0.39 is 0 Å². The number of nitrogens with zero attached hydrogens (tertiary/aromatic N) is 2. The van der Waals surface area contributed by atoms with E-state index in [0.717, 1.165) is 11.3 Å². The van der Waals surface area contributed by atoms with Crippen LogP contribution in [0.25, 0.3) is 11.5 Å². The normalized spacial score (nSPS) is 11.9. The van der Waals surface area contributed by atoms with E-state index in [9.17, 15) is 0 Å². The van der Waals surface area contributed by atoms with Gasteiger partial charge in [0.2, 0.25) is 11.8 Å². The standard InChI is InChI=1S/C21H15Cl2N3O/c22-15-10-12-16(13-11-15)24-19(14-6-2-1-3-7-14)21-26-25-20(27-21)17-8-4-5-9-18(17)23/h1-13,19,24H/t19-/m1/s1. The predicted molar refractivity (Wildman–Crippen MR) is 108 cm³/mol. The van der Waals surface area contributed by atoms with Crippen LogP contribution in [0.2, 0.25) is 10.0 Å². The third kappa shape index (κ3) is 3.97. The minimum Gasteiger partial charge on any atom is -0.418 e. The largest absolute Gasteiger partial charge is 0.418 e. The van der Waals surface area contributed by atoms with Crippen molar-refractivity contribution >= 4 is 28.9 Å². The van der Waals surface area contributed by atoms with E-state index in [1.165, 1.54) is 0 Å². The molecule has 0 radical (unpaired) electrons. The van der Waals surface area contributed by atoms with Crippen LogP contribution in [0.3, 0.4) is 0 Å². The second kappa shape index (κ2) is 7.82. The lowest BCUT2D eigenvalue weighted by Gasteiger charge is -2.17. The van der Waals surface area contributed by atoms with Crippen LogP contribution in [-0.2, 0) is 0 Å². The number of aromatic nitrogens is 2. The van der Waals surface area contributed by atoms with Gasteiger partial charge < -0.3 is 9.73 Å². The zero-order valence-electron chi connectivity index (χ0n) is 14.1. The number of hydrogen-bond acceptors (Lipinski definition) is 4. The molecular weight excluding hydrogens is 381 g/mol. The molecule has 0 saturated carbocycles. The third-order valence-electron chi connectivity index (χ3n) is 4.08. The first-order valence-electron chi connectivity index (χ1n) is 8.36. The Morgan fingerprint density at radius 3 is 2.22 bits per heavy atom. The lowest BCUT2D eigenvalue weighted by Crippen LogP contribution is -2.12. The van der Waals surface area contributed by atoms with Crippen molar-refractivity contribution < 1.29 is 4.42 Å². The first-order valence-corrected chi connectivity index (χ1v) is 9.11. The highest BCUT2D eigenvalue weighted by atomic mass is 35.5. The van der Waals surface area contributed by atoms with Crippen LogP contribution >= 0.6 is 23.2 Å². The summed E-state index contributed by atoms with van der Waals surface area (Å²) >= 11 is 12.2. The molecule has 1 heterocycles. The maximum atomic E-state index is 6.25. The number of nitrogens with one attached hydrogen (secondary N) is 1. The smallest absolute Gasteiger partial charge is 0.249 e. The van der Waals surface area contributed by atoms with Crippen molar-refractivity contribution in [3.05, 3.63) is 100 Å². The van der Waals surface area contributed by atoms with Crippen LogP contribution in [0.15, 0.2) is 83.3 Å². The van der Waals surface area contributed by atoms with Gasteiger partial charge in [0.05, 0.1) is 10.6 Å².